The molecule has 1 aromatic rings. The van der Waals surface area contributed by atoms with E-state index < -0.39 is 0 Å². The van der Waals surface area contributed by atoms with E-state index in [1.807, 2.05) is 30.3 Å². The monoisotopic (exact) mass is 586 g/mol. The Kier molecular flexibility index (Phi) is 7.08. The molecule has 0 spiro atoms. The molecule has 0 radical (unpaired) electrons. The van der Waals surface area contributed by atoms with Gasteiger partial charge in [-0.15, -0.1) is 0 Å². The summed E-state index contributed by atoms with van der Waals surface area (Å²) < 4.78 is 5.90. The largest absolute Gasteiger partial charge is 0.461 e. The predicted octanol–water partition coefficient (Wildman–Crippen LogP) is 8.92. The number of ether oxygens (including phenoxy) is 1. The average Bonchev–Trinajstić information content (AvgIpc) is 2.94. The lowest BCUT2D eigenvalue weighted by Crippen LogP contribution is -2.66. The van der Waals surface area contributed by atoms with Crippen LogP contribution >= 0.6 is 0 Å². The van der Waals surface area contributed by atoms with Crippen LogP contribution in [0.25, 0.3) is 0 Å². The number of allylic oxidation sites excluding steroid dienone is 2. The minimum absolute atomic E-state index is 0.0554. The molecule has 43 heavy (non-hydrogen) atoms. The number of hydrogen-bond donors (Lipinski definition) is 0. The number of rotatable bonds is 4. The van der Waals surface area contributed by atoms with Crippen LogP contribution in [0.5, 0.6) is 0 Å². The molecule has 4 saturated carbocycles. The number of hydrogen-bond acceptors (Lipinski definition) is 4. The summed E-state index contributed by atoms with van der Waals surface area (Å²) in [6.07, 6.45) is 10.9. The lowest BCUT2D eigenvalue weighted by atomic mass is 9.33. The van der Waals surface area contributed by atoms with Crippen LogP contribution in [0.15, 0.2) is 42.0 Å². The molecule has 4 heteroatoms. The summed E-state index contributed by atoms with van der Waals surface area (Å²) in [7, 11) is 0. The topological polar surface area (TPSA) is 60.4 Å². The molecule has 0 saturated heterocycles. The van der Waals surface area contributed by atoms with Crippen molar-refractivity contribution >= 4 is 17.5 Å². The second kappa shape index (κ2) is 9.88. The van der Waals surface area contributed by atoms with Gasteiger partial charge in [0, 0.05) is 11.3 Å². The van der Waals surface area contributed by atoms with Crippen LogP contribution < -0.4 is 0 Å². The molecule has 2 unspecified atom stereocenters. The minimum atomic E-state index is -0.300. The molecule has 0 bridgehead atoms. The van der Waals surface area contributed by atoms with Crippen LogP contribution in [-0.4, -0.2) is 17.5 Å². The fourth-order valence-electron chi connectivity index (χ4n) is 11.8. The number of ketones is 2. The van der Waals surface area contributed by atoms with Crippen molar-refractivity contribution < 1.29 is 19.1 Å². The summed E-state index contributed by atoms with van der Waals surface area (Å²) in [5.74, 6) is 0.845. The molecule has 5 aliphatic carbocycles. The van der Waals surface area contributed by atoms with Gasteiger partial charge in [0.2, 0.25) is 0 Å². The Morgan fingerprint density at radius 2 is 1.53 bits per heavy atom. The van der Waals surface area contributed by atoms with Gasteiger partial charge in [0.15, 0.2) is 5.78 Å². The Labute approximate surface area is 259 Å². The first-order valence-corrected chi connectivity index (χ1v) is 17.0. The molecular formula is C39H54O4. The summed E-state index contributed by atoms with van der Waals surface area (Å²) >= 11 is 0. The lowest BCUT2D eigenvalue weighted by Gasteiger charge is -2.70. The Balaban J connectivity index is 1.32. The number of benzene rings is 1. The van der Waals surface area contributed by atoms with Crippen LogP contribution in [0.4, 0.5) is 0 Å². The van der Waals surface area contributed by atoms with Crippen LogP contribution in [0.1, 0.15) is 119 Å². The summed E-state index contributed by atoms with van der Waals surface area (Å²) in [6.45, 7) is 18.5. The molecule has 4 fully saturated rings. The Bertz CT molecular complexity index is 1360. The van der Waals surface area contributed by atoms with E-state index in [1.54, 1.807) is 6.92 Å². The first-order chi connectivity index (χ1) is 20.0. The Morgan fingerprint density at radius 1 is 0.860 bits per heavy atom. The zero-order chi connectivity index (χ0) is 31.2. The highest BCUT2D eigenvalue weighted by Crippen LogP contribution is 2.75. The van der Waals surface area contributed by atoms with E-state index >= 15 is 0 Å². The quantitative estimate of drug-likeness (QED) is 0.331. The third kappa shape index (κ3) is 4.31. The van der Waals surface area contributed by atoms with E-state index in [2.05, 4.69) is 54.5 Å². The van der Waals surface area contributed by atoms with Crippen molar-refractivity contribution in [2.45, 2.75) is 120 Å². The first kappa shape index (κ1) is 30.8. The molecular weight excluding hydrogens is 532 g/mol. The highest BCUT2D eigenvalue weighted by Gasteiger charge is 2.70. The third-order valence-electron chi connectivity index (χ3n) is 15.0. The number of carbonyl (C=O) groups is 3. The van der Waals surface area contributed by atoms with Crippen molar-refractivity contribution in [3.8, 4) is 0 Å². The van der Waals surface area contributed by atoms with Gasteiger partial charge in [0.1, 0.15) is 12.4 Å². The van der Waals surface area contributed by atoms with Crippen molar-refractivity contribution in [2.24, 2.45) is 56.2 Å². The molecule has 0 amide bonds. The smallest absolute Gasteiger partial charge is 0.309 e. The second-order valence-corrected chi connectivity index (χ2v) is 17.3. The normalized spacial score (nSPS) is 45.0. The molecule has 6 rings (SSSR count). The zero-order valence-corrected chi connectivity index (χ0v) is 28.0. The van der Waals surface area contributed by atoms with E-state index in [1.165, 1.54) is 5.57 Å². The molecule has 0 aliphatic heterocycles. The SMILES string of the molecule is CC(=O)[C@@]1(C)CC[C@]2(C)CC[C@]3(C)C(=CC(=O)[C@@H]4[C@@]5(C)CCC(C(=O)OCc6ccccc6)C(C)(C)[C@@H]5CC[C@]43C)C2C1. The molecule has 9 atom stereocenters. The Hall–Kier alpha value is -2.23. The van der Waals surface area contributed by atoms with Crippen molar-refractivity contribution in [1.29, 1.82) is 0 Å². The first-order valence-electron chi connectivity index (χ1n) is 17.0. The number of Topliss-reactive ketones (excluding diaryl/α,β-unsaturated/α-hetero) is 1. The molecule has 1 aromatic carbocycles. The minimum Gasteiger partial charge on any atom is -0.461 e. The van der Waals surface area contributed by atoms with E-state index in [0.29, 0.717) is 18.2 Å². The lowest BCUT2D eigenvalue weighted by molar-refractivity contribution is -0.199. The maximum Gasteiger partial charge on any atom is 0.309 e. The van der Waals surface area contributed by atoms with Crippen LogP contribution in [0, 0.1) is 56.2 Å². The van der Waals surface area contributed by atoms with Gasteiger partial charge in [-0.1, -0.05) is 84.4 Å². The second-order valence-electron chi connectivity index (χ2n) is 17.3. The van der Waals surface area contributed by atoms with Gasteiger partial charge >= 0.3 is 5.97 Å². The highest BCUT2D eigenvalue weighted by atomic mass is 16.5. The number of fused-ring (bicyclic) bond motifs is 7. The Morgan fingerprint density at radius 3 is 2.21 bits per heavy atom. The van der Waals surface area contributed by atoms with Crippen LogP contribution in [0.2, 0.25) is 0 Å². The van der Waals surface area contributed by atoms with Gasteiger partial charge in [-0.2, -0.15) is 0 Å². The summed E-state index contributed by atoms with van der Waals surface area (Å²) in [5, 5.41) is 0. The van der Waals surface area contributed by atoms with Crippen molar-refractivity contribution in [3.05, 3.63) is 47.5 Å². The van der Waals surface area contributed by atoms with Gasteiger partial charge in [0.25, 0.3) is 0 Å². The fourth-order valence-corrected chi connectivity index (χ4v) is 11.8. The van der Waals surface area contributed by atoms with E-state index in [4.69, 9.17) is 4.74 Å². The van der Waals surface area contributed by atoms with E-state index in [0.717, 1.165) is 63.4 Å². The van der Waals surface area contributed by atoms with Gasteiger partial charge in [-0.25, -0.2) is 0 Å². The highest BCUT2D eigenvalue weighted by molar-refractivity contribution is 5.96. The molecule has 0 N–H and O–H groups in total. The van der Waals surface area contributed by atoms with Crippen LogP contribution in [-0.2, 0) is 25.7 Å². The van der Waals surface area contributed by atoms with Crippen molar-refractivity contribution in [1.82, 2.24) is 0 Å². The standard InChI is InChI=1S/C39H54O4/c1-25(40)36(5)19-18-35(4)20-21-38(7)28(29(35)23-36)22-30(41)32-37(6)16-14-27(33(42)43-24-26-12-10-9-11-13-26)34(2,3)31(37)15-17-39(32,38)8/h9-13,22,27,29,31-32H,14-21,23-24H2,1-8H3/t27?,29?,31-,32+,35+,36-,37-,38+,39+/m0/s1. The summed E-state index contributed by atoms with van der Waals surface area (Å²) in [5.41, 5.74) is 1.60. The average molecular weight is 587 g/mol. The van der Waals surface area contributed by atoms with Crippen molar-refractivity contribution in [3.63, 3.8) is 0 Å². The maximum absolute atomic E-state index is 14.6. The zero-order valence-electron chi connectivity index (χ0n) is 28.0. The molecule has 4 nitrogen and oxygen atoms in total. The maximum atomic E-state index is 14.6. The summed E-state index contributed by atoms with van der Waals surface area (Å²) in [6, 6.07) is 9.92. The fraction of sp³-hybridized carbons (Fsp3) is 0.718. The molecule has 0 heterocycles. The van der Waals surface area contributed by atoms with Crippen molar-refractivity contribution in [2.75, 3.05) is 0 Å². The number of carbonyl (C=O) groups excluding carboxylic acids is 3. The van der Waals surface area contributed by atoms with E-state index in [9.17, 15) is 14.4 Å². The van der Waals surface area contributed by atoms with Gasteiger partial charge in [-0.05, 0) is 115 Å². The van der Waals surface area contributed by atoms with Gasteiger partial charge in [-0.3, -0.25) is 14.4 Å². The van der Waals surface area contributed by atoms with E-state index in [-0.39, 0.29) is 62.1 Å². The number of esters is 1. The third-order valence-corrected chi connectivity index (χ3v) is 15.0. The molecule has 234 valence electrons. The predicted molar refractivity (Wildman–Crippen MR) is 170 cm³/mol. The van der Waals surface area contributed by atoms with Crippen LogP contribution in [0.3, 0.4) is 0 Å². The summed E-state index contributed by atoms with van der Waals surface area (Å²) in [4.78, 5) is 41.0. The van der Waals surface area contributed by atoms with Gasteiger partial charge in [0.05, 0.1) is 5.92 Å². The van der Waals surface area contributed by atoms with Gasteiger partial charge < -0.3 is 4.74 Å². The molecule has 5 aliphatic rings. The molecule has 0 aromatic heterocycles.